The van der Waals surface area contributed by atoms with Crippen LogP contribution in [-0.4, -0.2) is 9.78 Å². The second-order valence-corrected chi connectivity index (χ2v) is 5.00. The third kappa shape index (κ3) is 2.26. The summed E-state index contributed by atoms with van der Waals surface area (Å²) >= 11 is 15.3. The number of nitrogens with zero attached hydrogens (tertiary/aromatic N) is 2. The molecule has 1 heterocycles. The maximum absolute atomic E-state index is 5.98. The average molecular weight is 320 g/mol. The van der Waals surface area contributed by atoms with Crippen LogP contribution in [0.15, 0.2) is 28.9 Å². The first-order valence-electron chi connectivity index (χ1n) is 4.68. The molecule has 0 amide bonds. The number of benzene rings is 1. The first-order chi connectivity index (χ1) is 7.61. The van der Waals surface area contributed by atoms with E-state index in [4.69, 9.17) is 23.2 Å². The van der Waals surface area contributed by atoms with E-state index in [1.54, 1.807) is 10.9 Å². The Hall–Kier alpha value is -0.510. The molecule has 2 nitrogen and oxygen atoms in total. The van der Waals surface area contributed by atoms with Crippen molar-refractivity contribution in [3.8, 4) is 5.69 Å². The zero-order valence-corrected chi connectivity index (χ0v) is 11.6. The summed E-state index contributed by atoms with van der Waals surface area (Å²) in [4.78, 5) is 0. The molecule has 0 spiro atoms. The van der Waals surface area contributed by atoms with Gasteiger partial charge in [-0.05, 0) is 30.7 Å². The molecule has 0 unspecified atom stereocenters. The third-order valence-corrected chi connectivity index (χ3v) is 3.42. The van der Waals surface area contributed by atoms with Gasteiger partial charge in [0.1, 0.15) is 0 Å². The van der Waals surface area contributed by atoms with Crippen LogP contribution in [-0.2, 0) is 5.88 Å². The lowest BCUT2D eigenvalue weighted by atomic mass is 10.2. The van der Waals surface area contributed by atoms with Crippen molar-refractivity contribution >= 4 is 39.1 Å². The monoisotopic (exact) mass is 318 g/mol. The highest BCUT2D eigenvalue weighted by atomic mass is 79.9. The number of aryl methyl sites for hydroxylation is 1. The fourth-order valence-electron chi connectivity index (χ4n) is 1.45. The molecule has 1 aromatic carbocycles. The second-order valence-electron chi connectivity index (χ2n) is 3.41. The molecule has 0 aliphatic heterocycles. The largest absolute Gasteiger partial charge is 0.239 e. The molecule has 0 aliphatic carbocycles. The minimum absolute atomic E-state index is 0.436. The molecule has 0 fully saturated rings. The van der Waals surface area contributed by atoms with Gasteiger partial charge in [-0.15, -0.1) is 11.6 Å². The number of rotatable bonds is 2. The maximum Gasteiger partial charge on any atom is 0.0819 e. The van der Waals surface area contributed by atoms with Gasteiger partial charge in [-0.1, -0.05) is 27.5 Å². The van der Waals surface area contributed by atoms with Gasteiger partial charge in [0.25, 0.3) is 0 Å². The first kappa shape index (κ1) is 12.0. The molecular formula is C11H9BrCl2N2. The van der Waals surface area contributed by atoms with Crippen molar-refractivity contribution < 1.29 is 0 Å². The van der Waals surface area contributed by atoms with Gasteiger partial charge in [-0.25, -0.2) is 4.68 Å². The van der Waals surface area contributed by atoms with E-state index in [1.165, 1.54) is 0 Å². The molecule has 0 aliphatic rings. The Bertz CT molecular complexity index is 503. The fourth-order valence-corrected chi connectivity index (χ4v) is 2.20. The van der Waals surface area contributed by atoms with Crippen LogP contribution >= 0.6 is 39.1 Å². The predicted molar refractivity (Wildman–Crippen MR) is 70.6 cm³/mol. The average Bonchev–Trinajstić information content (AvgIpc) is 2.59. The zero-order valence-electron chi connectivity index (χ0n) is 8.54. The van der Waals surface area contributed by atoms with Crippen molar-refractivity contribution in [1.82, 2.24) is 9.78 Å². The van der Waals surface area contributed by atoms with Crippen LogP contribution in [0.4, 0.5) is 0 Å². The van der Waals surface area contributed by atoms with Crippen molar-refractivity contribution in [2.24, 2.45) is 0 Å². The lowest BCUT2D eigenvalue weighted by Crippen LogP contribution is -1.99. The van der Waals surface area contributed by atoms with Crippen LogP contribution < -0.4 is 0 Å². The van der Waals surface area contributed by atoms with E-state index in [-0.39, 0.29) is 0 Å². The van der Waals surface area contributed by atoms with Crippen molar-refractivity contribution in [2.75, 3.05) is 0 Å². The number of hydrogen-bond acceptors (Lipinski definition) is 1. The lowest BCUT2D eigenvalue weighted by Gasteiger charge is -2.07. The first-order valence-corrected chi connectivity index (χ1v) is 6.39. The van der Waals surface area contributed by atoms with Crippen molar-refractivity contribution in [3.63, 3.8) is 0 Å². The number of hydrogen-bond donors (Lipinski definition) is 0. The van der Waals surface area contributed by atoms with Gasteiger partial charge in [0, 0.05) is 16.5 Å². The number of aromatic nitrogens is 2. The Morgan fingerprint density at radius 3 is 2.75 bits per heavy atom. The quantitative estimate of drug-likeness (QED) is 0.753. The summed E-state index contributed by atoms with van der Waals surface area (Å²) in [5.41, 5.74) is 2.77. The lowest BCUT2D eigenvalue weighted by molar-refractivity contribution is 0.854. The van der Waals surface area contributed by atoms with E-state index in [0.717, 1.165) is 21.4 Å². The standard InChI is InChI=1S/C11H9BrCl2N2/c1-7-10(14)6-16(15-7)11-3-2-9(12)4-8(11)5-13/h2-4,6H,5H2,1H3. The summed E-state index contributed by atoms with van der Waals surface area (Å²) in [7, 11) is 0. The highest BCUT2D eigenvalue weighted by Gasteiger charge is 2.08. The van der Waals surface area contributed by atoms with Crippen molar-refractivity contribution in [2.45, 2.75) is 12.8 Å². The highest BCUT2D eigenvalue weighted by Crippen LogP contribution is 2.23. The van der Waals surface area contributed by atoms with Crippen LogP contribution in [0.5, 0.6) is 0 Å². The predicted octanol–water partition coefficient (Wildman–Crippen LogP) is 4.34. The molecule has 2 aromatic rings. The van der Waals surface area contributed by atoms with Crippen molar-refractivity contribution in [1.29, 1.82) is 0 Å². The minimum atomic E-state index is 0.436. The molecule has 0 bridgehead atoms. The summed E-state index contributed by atoms with van der Waals surface area (Å²) in [6.07, 6.45) is 1.79. The summed E-state index contributed by atoms with van der Waals surface area (Å²) < 4.78 is 2.75. The van der Waals surface area contributed by atoms with Gasteiger partial charge in [0.05, 0.1) is 16.4 Å². The normalized spacial score (nSPS) is 10.8. The Labute approximate surface area is 112 Å². The molecule has 0 radical (unpaired) electrons. The van der Waals surface area contributed by atoms with Crippen LogP contribution in [0.25, 0.3) is 5.69 Å². The van der Waals surface area contributed by atoms with Crippen LogP contribution in [0.3, 0.4) is 0 Å². The molecule has 2 rings (SSSR count). The van der Waals surface area contributed by atoms with E-state index >= 15 is 0 Å². The van der Waals surface area contributed by atoms with E-state index in [0.29, 0.717) is 10.9 Å². The molecule has 5 heteroatoms. The molecule has 84 valence electrons. The Kier molecular flexibility index (Phi) is 3.57. The van der Waals surface area contributed by atoms with Gasteiger partial charge in [-0.3, -0.25) is 0 Å². The molecule has 0 saturated heterocycles. The van der Waals surface area contributed by atoms with Crippen molar-refractivity contribution in [3.05, 3.63) is 45.1 Å². The van der Waals surface area contributed by atoms with E-state index in [2.05, 4.69) is 21.0 Å². The topological polar surface area (TPSA) is 17.8 Å². The van der Waals surface area contributed by atoms with E-state index < -0.39 is 0 Å². The number of alkyl halides is 1. The van der Waals surface area contributed by atoms with Gasteiger partial charge in [0.15, 0.2) is 0 Å². The zero-order chi connectivity index (χ0) is 11.7. The smallest absolute Gasteiger partial charge is 0.0819 e. The third-order valence-electron chi connectivity index (χ3n) is 2.27. The molecule has 0 atom stereocenters. The second kappa shape index (κ2) is 4.78. The van der Waals surface area contributed by atoms with Crippen LogP contribution in [0.1, 0.15) is 11.3 Å². The molecular weight excluding hydrogens is 311 g/mol. The van der Waals surface area contributed by atoms with Crippen LogP contribution in [0.2, 0.25) is 5.02 Å². The fraction of sp³-hybridized carbons (Fsp3) is 0.182. The van der Waals surface area contributed by atoms with E-state index in [1.807, 2.05) is 25.1 Å². The number of halogens is 3. The minimum Gasteiger partial charge on any atom is -0.239 e. The maximum atomic E-state index is 5.98. The molecule has 0 N–H and O–H groups in total. The van der Waals surface area contributed by atoms with E-state index in [9.17, 15) is 0 Å². The van der Waals surface area contributed by atoms with Gasteiger partial charge < -0.3 is 0 Å². The molecule has 0 saturated carbocycles. The summed E-state index contributed by atoms with van der Waals surface area (Å²) in [5.74, 6) is 0.436. The van der Waals surface area contributed by atoms with Gasteiger partial charge in [-0.2, -0.15) is 5.10 Å². The summed E-state index contributed by atoms with van der Waals surface area (Å²) in [6.45, 7) is 1.87. The SMILES string of the molecule is Cc1nn(-c2ccc(Br)cc2CCl)cc1Cl. The highest BCUT2D eigenvalue weighted by molar-refractivity contribution is 9.10. The Morgan fingerprint density at radius 2 is 2.19 bits per heavy atom. The van der Waals surface area contributed by atoms with Crippen LogP contribution in [0, 0.1) is 6.92 Å². The molecule has 16 heavy (non-hydrogen) atoms. The summed E-state index contributed by atoms with van der Waals surface area (Å²) in [5, 5.41) is 4.99. The Morgan fingerprint density at radius 1 is 1.44 bits per heavy atom. The molecule has 1 aromatic heterocycles. The Balaban J connectivity index is 2.55. The summed E-state index contributed by atoms with van der Waals surface area (Å²) in [6, 6.07) is 5.90. The van der Waals surface area contributed by atoms with Gasteiger partial charge in [0.2, 0.25) is 0 Å². The van der Waals surface area contributed by atoms with Gasteiger partial charge >= 0.3 is 0 Å².